The SMILES string of the molecule is COc1cccc(C=NN2C(=O)C3C4C=CC(C4)C3C2=O)c1OCc1ccc2c(c1)OCO2. The predicted octanol–water partition coefficient (Wildman–Crippen LogP) is 3.14. The Bertz CT molecular complexity index is 1180. The Morgan fingerprint density at radius 1 is 1.06 bits per heavy atom. The number of methoxy groups -OCH3 is 1. The van der Waals surface area contributed by atoms with Crippen molar-refractivity contribution >= 4 is 18.0 Å². The molecule has 1 saturated heterocycles. The molecule has 0 aromatic heterocycles. The maximum Gasteiger partial charge on any atom is 0.254 e. The summed E-state index contributed by atoms with van der Waals surface area (Å²) in [5.74, 6) is 1.68. The van der Waals surface area contributed by atoms with Gasteiger partial charge in [0, 0.05) is 5.56 Å². The minimum absolute atomic E-state index is 0.147. The Hall–Kier alpha value is -3.81. The second-order valence-corrected chi connectivity index (χ2v) is 8.59. The molecule has 0 spiro atoms. The van der Waals surface area contributed by atoms with E-state index in [-0.39, 0.29) is 48.9 Å². The molecule has 4 atom stereocenters. The van der Waals surface area contributed by atoms with Crippen LogP contribution < -0.4 is 18.9 Å². The molecule has 2 fully saturated rings. The summed E-state index contributed by atoms with van der Waals surface area (Å²) in [6, 6.07) is 11.0. The van der Waals surface area contributed by atoms with E-state index in [9.17, 15) is 9.59 Å². The zero-order valence-electron chi connectivity index (χ0n) is 18.0. The number of fused-ring (bicyclic) bond motifs is 6. The molecule has 2 heterocycles. The van der Waals surface area contributed by atoms with E-state index < -0.39 is 0 Å². The number of rotatable bonds is 6. The number of amides is 2. The Balaban J connectivity index is 1.23. The van der Waals surface area contributed by atoms with Gasteiger partial charge in [-0.1, -0.05) is 24.3 Å². The van der Waals surface area contributed by atoms with Gasteiger partial charge >= 0.3 is 0 Å². The molecule has 8 heteroatoms. The van der Waals surface area contributed by atoms with E-state index in [1.165, 1.54) is 6.21 Å². The highest BCUT2D eigenvalue weighted by Gasteiger charge is 2.59. The average Bonchev–Trinajstić information content (AvgIpc) is 3.61. The molecule has 1 saturated carbocycles. The molecule has 6 rings (SSSR count). The van der Waals surface area contributed by atoms with Crippen LogP contribution in [0.2, 0.25) is 0 Å². The van der Waals surface area contributed by atoms with Crippen LogP contribution in [-0.4, -0.2) is 36.9 Å². The fraction of sp³-hybridized carbons (Fsp3) is 0.320. The van der Waals surface area contributed by atoms with Gasteiger partial charge in [0.05, 0.1) is 25.2 Å². The van der Waals surface area contributed by atoms with Gasteiger partial charge in [0.15, 0.2) is 23.0 Å². The lowest BCUT2D eigenvalue weighted by atomic mass is 9.85. The van der Waals surface area contributed by atoms with Crippen molar-refractivity contribution < 1.29 is 28.5 Å². The fourth-order valence-corrected chi connectivity index (χ4v) is 5.26. The summed E-state index contributed by atoms with van der Waals surface area (Å²) in [4.78, 5) is 25.8. The number of para-hydroxylation sites is 1. The van der Waals surface area contributed by atoms with Gasteiger partial charge < -0.3 is 18.9 Å². The highest BCUT2D eigenvalue weighted by molar-refractivity contribution is 6.07. The molecular formula is C25H22N2O6. The number of imide groups is 1. The number of hydrazone groups is 1. The lowest BCUT2D eigenvalue weighted by Crippen LogP contribution is -2.28. The molecule has 2 bridgehead atoms. The van der Waals surface area contributed by atoms with Crippen LogP contribution in [0.3, 0.4) is 0 Å². The first-order valence-electron chi connectivity index (χ1n) is 10.9. The summed E-state index contributed by atoms with van der Waals surface area (Å²) in [6.45, 7) is 0.471. The maximum absolute atomic E-state index is 12.9. The number of carbonyl (C=O) groups excluding carboxylic acids is 2. The molecule has 8 nitrogen and oxygen atoms in total. The lowest BCUT2D eigenvalue weighted by molar-refractivity contribution is -0.140. The highest BCUT2D eigenvalue weighted by Crippen LogP contribution is 2.52. The maximum atomic E-state index is 12.9. The Morgan fingerprint density at radius 2 is 1.82 bits per heavy atom. The molecular weight excluding hydrogens is 424 g/mol. The lowest BCUT2D eigenvalue weighted by Gasteiger charge is -2.14. The third-order valence-electron chi connectivity index (χ3n) is 6.81. The van der Waals surface area contributed by atoms with Gasteiger partial charge in [0.25, 0.3) is 11.8 Å². The summed E-state index contributed by atoms with van der Waals surface area (Å²) in [6.07, 6.45) is 6.50. The quantitative estimate of drug-likeness (QED) is 0.385. The smallest absolute Gasteiger partial charge is 0.254 e. The topological polar surface area (TPSA) is 86.7 Å². The first kappa shape index (κ1) is 19.8. The van der Waals surface area contributed by atoms with Crippen molar-refractivity contribution in [3.05, 3.63) is 59.7 Å². The van der Waals surface area contributed by atoms with Crippen molar-refractivity contribution in [1.82, 2.24) is 5.01 Å². The van der Waals surface area contributed by atoms with Gasteiger partial charge in [-0.05, 0) is 48.1 Å². The van der Waals surface area contributed by atoms with Gasteiger partial charge in [-0.25, -0.2) is 0 Å². The van der Waals surface area contributed by atoms with Crippen LogP contribution in [0, 0.1) is 23.7 Å². The van der Waals surface area contributed by atoms with Gasteiger partial charge in [0.1, 0.15) is 6.61 Å². The second-order valence-electron chi connectivity index (χ2n) is 8.59. The van der Waals surface area contributed by atoms with Crippen molar-refractivity contribution in [1.29, 1.82) is 0 Å². The van der Waals surface area contributed by atoms with Gasteiger partial charge in [0.2, 0.25) is 6.79 Å². The van der Waals surface area contributed by atoms with Crippen LogP contribution in [0.25, 0.3) is 0 Å². The number of carbonyl (C=O) groups is 2. The van der Waals surface area contributed by atoms with Crippen molar-refractivity contribution in [2.45, 2.75) is 13.0 Å². The van der Waals surface area contributed by atoms with E-state index in [0.717, 1.165) is 17.0 Å². The third-order valence-corrected chi connectivity index (χ3v) is 6.81. The zero-order chi connectivity index (χ0) is 22.5. The van der Waals surface area contributed by atoms with Crippen LogP contribution in [0.5, 0.6) is 23.0 Å². The largest absolute Gasteiger partial charge is 0.493 e. The van der Waals surface area contributed by atoms with Crippen LogP contribution in [0.4, 0.5) is 0 Å². The van der Waals surface area contributed by atoms with Crippen LogP contribution >= 0.6 is 0 Å². The van der Waals surface area contributed by atoms with E-state index in [2.05, 4.69) is 17.3 Å². The molecule has 168 valence electrons. The monoisotopic (exact) mass is 446 g/mol. The van der Waals surface area contributed by atoms with Gasteiger partial charge in [-0.3, -0.25) is 9.59 Å². The molecule has 0 radical (unpaired) electrons. The standard InChI is InChI=1S/C25H22N2O6/c1-30-19-4-2-3-17(23(19)31-12-14-5-8-18-20(9-14)33-13-32-18)11-26-27-24(28)21-15-6-7-16(10-15)22(21)25(27)29/h2-9,11,15-16,21-22H,10,12-13H2,1H3. The average molecular weight is 446 g/mol. The number of nitrogens with zero attached hydrogens (tertiary/aromatic N) is 2. The summed E-state index contributed by atoms with van der Waals surface area (Å²) in [5.41, 5.74) is 1.50. The van der Waals surface area contributed by atoms with Crippen molar-refractivity contribution in [2.24, 2.45) is 28.8 Å². The van der Waals surface area contributed by atoms with Gasteiger partial charge in [-0.2, -0.15) is 10.1 Å². The summed E-state index contributed by atoms with van der Waals surface area (Å²) in [5, 5.41) is 5.31. The fourth-order valence-electron chi connectivity index (χ4n) is 5.26. The number of hydrogen-bond donors (Lipinski definition) is 0. The zero-order valence-corrected chi connectivity index (χ0v) is 18.0. The number of allylic oxidation sites excluding steroid dienone is 2. The number of ether oxygens (including phenoxy) is 4. The van der Waals surface area contributed by atoms with E-state index in [1.807, 2.05) is 18.2 Å². The summed E-state index contributed by atoms with van der Waals surface area (Å²) >= 11 is 0. The molecule has 4 aliphatic rings. The van der Waals surface area contributed by atoms with Crippen molar-refractivity contribution in [3.63, 3.8) is 0 Å². The number of benzene rings is 2. The molecule has 2 aromatic rings. The van der Waals surface area contributed by atoms with E-state index >= 15 is 0 Å². The van der Waals surface area contributed by atoms with Crippen molar-refractivity contribution in [3.8, 4) is 23.0 Å². The predicted molar refractivity (Wildman–Crippen MR) is 117 cm³/mol. The normalized spacial score (nSPS) is 26.5. The molecule has 2 amide bonds. The van der Waals surface area contributed by atoms with Crippen LogP contribution in [0.15, 0.2) is 53.7 Å². The molecule has 33 heavy (non-hydrogen) atoms. The molecule has 2 aromatic carbocycles. The minimum Gasteiger partial charge on any atom is -0.493 e. The molecule has 4 unspecified atom stereocenters. The van der Waals surface area contributed by atoms with Crippen molar-refractivity contribution in [2.75, 3.05) is 13.9 Å². The first-order valence-corrected chi connectivity index (χ1v) is 10.9. The first-order chi connectivity index (χ1) is 16.1. The van der Waals surface area contributed by atoms with Gasteiger partial charge in [-0.15, -0.1) is 0 Å². The second kappa shape index (κ2) is 7.65. The Labute approximate surface area is 190 Å². The molecule has 2 aliphatic heterocycles. The summed E-state index contributed by atoms with van der Waals surface area (Å²) in [7, 11) is 1.56. The van der Waals surface area contributed by atoms with E-state index in [0.29, 0.717) is 28.6 Å². The third kappa shape index (κ3) is 3.16. The Kier molecular flexibility index (Phi) is 4.60. The van der Waals surface area contributed by atoms with E-state index in [1.54, 1.807) is 25.3 Å². The van der Waals surface area contributed by atoms with Crippen LogP contribution in [-0.2, 0) is 16.2 Å². The highest BCUT2D eigenvalue weighted by atomic mass is 16.7. The van der Waals surface area contributed by atoms with E-state index in [4.69, 9.17) is 18.9 Å². The molecule has 0 N–H and O–H groups in total. The summed E-state index contributed by atoms with van der Waals surface area (Å²) < 4.78 is 22.3. The van der Waals surface area contributed by atoms with Crippen LogP contribution in [0.1, 0.15) is 17.5 Å². The minimum atomic E-state index is -0.281. The number of hydrogen-bond acceptors (Lipinski definition) is 7. The molecule has 2 aliphatic carbocycles. The Morgan fingerprint density at radius 3 is 2.58 bits per heavy atom.